The molecule has 0 spiro atoms. The van der Waals surface area contributed by atoms with Gasteiger partial charge in [-0.2, -0.15) is 5.26 Å². The Morgan fingerprint density at radius 1 is 1.28 bits per heavy atom. The van der Waals surface area contributed by atoms with Crippen molar-refractivity contribution in [1.29, 1.82) is 5.26 Å². The van der Waals surface area contributed by atoms with Crippen LogP contribution in [0.25, 0.3) is 0 Å². The Kier molecular flexibility index (Phi) is 7.66. The Hall–Kier alpha value is -3.16. The van der Waals surface area contributed by atoms with Gasteiger partial charge in [-0.1, -0.05) is 39.8 Å². The maximum Gasteiger partial charge on any atom is 0.319 e. The summed E-state index contributed by atoms with van der Waals surface area (Å²) in [6.45, 7) is 0. The summed E-state index contributed by atoms with van der Waals surface area (Å²) in [7, 11) is 1.17. The molecule has 0 bridgehead atoms. The Labute approximate surface area is 196 Å². The number of hydrogen-bond acceptors (Lipinski definition) is 6. The summed E-state index contributed by atoms with van der Waals surface area (Å²) in [6.07, 6.45) is 0. The molecule has 2 aromatic rings. The summed E-state index contributed by atoms with van der Waals surface area (Å²) < 4.78 is 18.5. The second-order valence-electron chi connectivity index (χ2n) is 6.72. The summed E-state index contributed by atoms with van der Waals surface area (Å²) in [5.74, 6) is -4.46. The van der Waals surface area contributed by atoms with Crippen LogP contribution in [-0.4, -0.2) is 30.6 Å². The number of thioether (sulfide) groups is 1. The highest BCUT2D eigenvalue weighted by Crippen LogP contribution is 2.40. The number of halogens is 2. The fourth-order valence-corrected chi connectivity index (χ4v) is 4.51. The molecule has 0 fully saturated rings. The van der Waals surface area contributed by atoms with Gasteiger partial charge >= 0.3 is 5.97 Å². The first-order valence-corrected chi connectivity index (χ1v) is 11.1. The van der Waals surface area contributed by atoms with Crippen molar-refractivity contribution in [3.8, 4) is 6.07 Å². The van der Waals surface area contributed by atoms with Gasteiger partial charge in [0.2, 0.25) is 11.8 Å². The van der Waals surface area contributed by atoms with Gasteiger partial charge in [0, 0.05) is 16.1 Å². The molecule has 2 aromatic carbocycles. The van der Waals surface area contributed by atoms with Gasteiger partial charge < -0.3 is 15.4 Å². The third-order valence-corrected chi connectivity index (χ3v) is 6.18. The van der Waals surface area contributed by atoms with Crippen LogP contribution in [0.3, 0.4) is 0 Å². The number of anilines is 1. The molecule has 3 rings (SSSR count). The quantitative estimate of drug-likeness (QED) is 0.446. The Morgan fingerprint density at radius 2 is 2.00 bits per heavy atom. The first kappa shape index (κ1) is 23.5. The lowest BCUT2D eigenvalue weighted by Crippen LogP contribution is -2.44. The monoisotopic (exact) mass is 517 g/mol. The van der Waals surface area contributed by atoms with Crippen LogP contribution in [0, 0.1) is 23.1 Å². The molecule has 7 nitrogen and oxygen atoms in total. The predicted octanol–water partition coefficient (Wildman–Crippen LogP) is 3.70. The number of esters is 1. The number of rotatable bonds is 6. The van der Waals surface area contributed by atoms with Crippen LogP contribution in [0.2, 0.25) is 0 Å². The third-order valence-electron chi connectivity index (χ3n) is 4.67. The Balaban J connectivity index is 1.88. The molecule has 2 atom stereocenters. The van der Waals surface area contributed by atoms with Crippen LogP contribution in [0.4, 0.5) is 10.1 Å². The number of benzene rings is 2. The highest BCUT2D eigenvalue weighted by molar-refractivity contribution is 9.10. The lowest BCUT2D eigenvalue weighted by molar-refractivity contribution is -0.150. The number of carbonyl (C=O) groups is 3. The van der Waals surface area contributed by atoms with E-state index in [4.69, 9.17) is 4.74 Å². The molecule has 2 N–H and O–H groups in total. The standard InChI is InChI=1S/C22H17BrFN3O4S/c1-31-22(30)19-18(12-3-2-4-13(23)9-12)16(10-25)21(27-20(19)29)32-11-17(28)26-15-7-5-14(24)6-8-15/h2-9,18-19H,11H2,1H3,(H,26,28)(H,27,29)/t18-,19-/m1/s1. The number of nitrogens with zero attached hydrogens (tertiary/aromatic N) is 1. The minimum absolute atomic E-state index is 0.119. The van der Waals surface area contributed by atoms with Crippen LogP contribution in [-0.2, 0) is 19.1 Å². The predicted molar refractivity (Wildman–Crippen MR) is 121 cm³/mol. The number of nitriles is 1. The van der Waals surface area contributed by atoms with Crippen LogP contribution < -0.4 is 10.6 Å². The largest absolute Gasteiger partial charge is 0.468 e. The van der Waals surface area contributed by atoms with E-state index in [2.05, 4.69) is 32.6 Å². The minimum atomic E-state index is -1.25. The van der Waals surface area contributed by atoms with E-state index in [1.807, 2.05) is 0 Å². The summed E-state index contributed by atoms with van der Waals surface area (Å²) in [6, 6.07) is 14.3. The van der Waals surface area contributed by atoms with Gasteiger partial charge in [0.05, 0.1) is 29.5 Å². The van der Waals surface area contributed by atoms with Crippen molar-refractivity contribution in [2.45, 2.75) is 5.92 Å². The Bertz CT molecular complexity index is 1130. The number of amides is 2. The molecule has 2 amide bonds. The van der Waals surface area contributed by atoms with E-state index >= 15 is 0 Å². The van der Waals surface area contributed by atoms with Crippen molar-refractivity contribution >= 4 is 51.2 Å². The number of allylic oxidation sites excluding steroid dienone is 1. The van der Waals surface area contributed by atoms with E-state index in [9.17, 15) is 24.0 Å². The summed E-state index contributed by atoms with van der Waals surface area (Å²) in [5.41, 5.74) is 1.14. The second-order valence-corrected chi connectivity index (χ2v) is 8.62. The van der Waals surface area contributed by atoms with Crippen molar-refractivity contribution < 1.29 is 23.5 Å². The van der Waals surface area contributed by atoms with E-state index in [1.54, 1.807) is 24.3 Å². The summed E-state index contributed by atoms with van der Waals surface area (Å²) in [5, 5.41) is 15.2. The Morgan fingerprint density at radius 3 is 2.62 bits per heavy atom. The average Bonchev–Trinajstić information content (AvgIpc) is 2.78. The van der Waals surface area contributed by atoms with Crippen LogP contribution in [0.5, 0.6) is 0 Å². The number of methoxy groups -OCH3 is 1. The highest BCUT2D eigenvalue weighted by Gasteiger charge is 2.44. The van der Waals surface area contributed by atoms with Crippen molar-refractivity contribution in [2.24, 2.45) is 5.92 Å². The lowest BCUT2D eigenvalue weighted by Gasteiger charge is -2.31. The topological polar surface area (TPSA) is 108 Å². The fraction of sp³-hybridized carbons (Fsp3) is 0.182. The van der Waals surface area contributed by atoms with E-state index in [0.717, 1.165) is 16.2 Å². The molecule has 0 saturated heterocycles. The number of nitrogens with one attached hydrogen (secondary N) is 2. The minimum Gasteiger partial charge on any atom is -0.468 e. The molecule has 1 heterocycles. The SMILES string of the molecule is COC(=O)[C@H]1C(=O)NC(SCC(=O)Nc2ccc(F)cc2)=C(C#N)[C@H]1c1cccc(Br)c1. The van der Waals surface area contributed by atoms with Crippen LogP contribution in [0.1, 0.15) is 11.5 Å². The molecule has 32 heavy (non-hydrogen) atoms. The normalized spacial score (nSPS) is 17.9. The smallest absolute Gasteiger partial charge is 0.319 e. The van der Waals surface area contributed by atoms with E-state index in [-0.39, 0.29) is 16.4 Å². The van der Waals surface area contributed by atoms with Gasteiger partial charge in [0.25, 0.3) is 0 Å². The first-order chi connectivity index (χ1) is 15.3. The van der Waals surface area contributed by atoms with Crippen molar-refractivity contribution in [3.63, 3.8) is 0 Å². The fourth-order valence-electron chi connectivity index (χ4n) is 3.25. The van der Waals surface area contributed by atoms with E-state index < -0.39 is 35.4 Å². The number of carbonyl (C=O) groups excluding carboxylic acids is 3. The van der Waals surface area contributed by atoms with Gasteiger partial charge in [0.15, 0.2) is 0 Å². The van der Waals surface area contributed by atoms with Crippen LogP contribution in [0.15, 0.2) is 63.6 Å². The molecule has 1 aliphatic heterocycles. The van der Waals surface area contributed by atoms with Gasteiger partial charge in [-0.3, -0.25) is 14.4 Å². The molecule has 164 valence electrons. The van der Waals surface area contributed by atoms with E-state index in [0.29, 0.717) is 11.3 Å². The molecule has 10 heteroatoms. The molecular weight excluding hydrogens is 501 g/mol. The van der Waals surface area contributed by atoms with Crippen molar-refractivity contribution in [1.82, 2.24) is 5.32 Å². The maximum absolute atomic E-state index is 13.0. The first-order valence-electron chi connectivity index (χ1n) is 9.30. The molecule has 0 aliphatic carbocycles. The maximum atomic E-state index is 13.0. The van der Waals surface area contributed by atoms with Gasteiger partial charge in [-0.15, -0.1) is 0 Å². The molecular formula is C22H17BrFN3O4S. The van der Waals surface area contributed by atoms with Gasteiger partial charge in [-0.05, 0) is 42.0 Å². The number of hydrogen-bond donors (Lipinski definition) is 2. The van der Waals surface area contributed by atoms with Gasteiger partial charge in [0.1, 0.15) is 11.7 Å². The second kappa shape index (κ2) is 10.4. The highest BCUT2D eigenvalue weighted by atomic mass is 79.9. The molecule has 0 radical (unpaired) electrons. The average molecular weight is 518 g/mol. The molecule has 1 aliphatic rings. The zero-order valence-electron chi connectivity index (χ0n) is 16.7. The zero-order valence-corrected chi connectivity index (χ0v) is 19.1. The van der Waals surface area contributed by atoms with Crippen molar-refractivity contribution in [3.05, 3.63) is 75.0 Å². The summed E-state index contributed by atoms with van der Waals surface area (Å²) >= 11 is 4.33. The van der Waals surface area contributed by atoms with Crippen molar-refractivity contribution in [2.75, 3.05) is 18.2 Å². The van der Waals surface area contributed by atoms with Crippen LogP contribution >= 0.6 is 27.7 Å². The molecule has 0 saturated carbocycles. The summed E-state index contributed by atoms with van der Waals surface area (Å²) in [4.78, 5) is 37.5. The van der Waals surface area contributed by atoms with Gasteiger partial charge in [-0.25, -0.2) is 4.39 Å². The number of ether oxygens (including phenoxy) is 1. The molecule has 0 unspecified atom stereocenters. The lowest BCUT2D eigenvalue weighted by atomic mass is 9.78. The third kappa shape index (κ3) is 5.36. The molecule has 0 aromatic heterocycles. The van der Waals surface area contributed by atoms with E-state index in [1.165, 1.54) is 31.4 Å². The zero-order chi connectivity index (χ0) is 23.3.